The Bertz CT molecular complexity index is 522. The van der Waals surface area contributed by atoms with Crippen molar-refractivity contribution in [1.29, 1.82) is 0 Å². The van der Waals surface area contributed by atoms with E-state index in [2.05, 4.69) is 0 Å². The van der Waals surface area contributed by atoms with Crippen LogP contribution in [0, 0.1) is 5.92 Å². The molecule has 82 valence electrons. The summed E-state index contributed by atoms with van der Waals surface area (Å²) in [6.45, 7) is 1.67. The second-order valence-electron chi connectivity index (χ2n) is 4.11. The first kappa shape index (κ1) is 14.2. The van der Waals surface area contributed by atoms with Crippen LogP contribution in [0.3, 0.4) is 0 Å². The van der Waals surface area contributed by atoms with E-state index in [-0.39, 0.29) is 29.6 Å². The second-order valence-corrected chi connectivity index (χ2v) is 4.11. The smallest absolute Gasteiger partial charge is 0.550 e. The van der Waals surface area contributed by atoms with E-state index in [4.69, 9.17) is 0 Å². The number of carbonyl (C=O) groups is 1. The number of fused-ring (bicyclic) bond motifs is 1. The zero-order valence-corrected chi connectivity index (χ0v) is 12.1. The number of carbonyl (C=O) groups excluding carboxylic acids is 1. The zero-order valence-electron chi connectivity index (χ0n) is 10.1. The summed E-state index contributed by atoms with van der Waals surface area (Å²) in [6, 6.07) is 14.1. The standard InChI is InChI=1S/C14H14O2.Na/c1-10(14(15)16)8-11-6-7-12-4-2-3-5-13(12)9-11;/h2-7,9-10H,8H2,1H3,(H,15,16);/q;+1/p-1/t10-;/m0./s1. The van der Waals surface area contributed by atoms with Crippen LogP contribution < -0.4 is 34.7 Å². The summed E-state index contributed by atoms with van der Waals surface area (Å²) in [5.74, 6) is -1.44. The largest absolute Gasteiger partial charge is 1.00 e. The topological polar surface area (TPSA) is 40.1 Å². The van der Waals surface area contributed by atoms with Crippen molar-refractivity contribution in [2.45, 2.75) is 13.3 Å². The molecule has 3 heteroatoms. The predicted molar refractivity (Wildman–Crippen MR) is 61.8 cm³/mol. The van der Waals surface area contributed by atoms with Gasteiger partial charge in [-0.3, -0.25) is 0 Å². The van der Waals surface area contributed by atoms with Crippen LogP contribution in [0.5, 0.6) is 0 Å². The van der Waals surface area contributed by atoms with Crippen LogP contribution in [0.25, 0.3) is 10.8 Å². The molecule has 0 amide bonds. The summed E-state index contributed by atoms with van der Waals surface area (Å²) in [4.78, 5) is 10.7. The van der Waals surface area contributed by atoms with Crippen molar-refractivity contribution in [3.8, 4) is 0 Å². The molecule has 0 saturated carbocycles. The van der Waals surface area contributed by atoms with Gasteiger partial charge in [0.1, 0.15) is 0 Å². The summed E-state index contributed by atoms with van der Waals surface area (Å²) in [5.41, 5.74) is 1.04. The van der Waals surface area contributed by atoms with Gasteiger partial charge in [0.25, 0.3) is 0 Å². The van der Waals surface area contributed by atoms with Crippen molar-refractivity contribution in [3.05, 3.63) is 48.0 Å². The number of benzene rings is 2. The molecule has 2 aromatic carbocycles. The number of carboxylic acid groups (broad SMARTS) is 1. The van der Waals surface area contributed by atoms with Crippen molar-refractivity contribution >= 4 is 16.7 Å². The number of rotatable bonds is 3. The molecule has 0 N–H and O–H groups in total. The first-order chi connectivity index (χ1) is 7.66. The number of aliphatic carboxylic acids is 1. The van der Waals surface area contributed by atoms with Gasteiger partial charge in [-0.2, -0.15) is 0 Å². The Balaban J connectivity index is 0.00000144. The summed E-state index contributed by atoms with van der Waals surface area (Å²) in [7, 11) is 0. The Labute approximate surface area is 123 Å². The molecule has 2 aromatic rings. The summed E-state index contributed by atoms with van der Waals surface area (Å²) in [5, 5.41) is 13.0. The van der Waals surface area contributed by atoms with Crippen LogP contribution in [-0.2, 0) is 11.2 Å². The van der Waals surface area contributed by atoms with E-state index in [0.717, 1.165) is 10.9 Å². The van der Waals surface area contributed by atoms with Gasteiger partial charge in [-0.05, 0) is 28.7 Å². The fourth-order valence-corrected chi connectivity index (χ4v) is 1.80. The Morgan fingerprint density at radius 3 is 2.47 bits per heavy atom. The molecule has 2 rings (SSSR count). The minimum atomic E-state index is -0.992. The number of carboxylic acids is 1. The maximum atomic E-state index is 10.7. The van der Waals surface area contributed by atoms with Crippen molar-refractivity contribution in [1.82, 2.24) is 0 Å². The fraction of sp³-hybridized carbons (Fsp3) is 0.214. The normalized spacial score (nSPS) is 11.8. The quantitative estimate of drug-likeness (QED) is 0.626. The third-order valence-electron chi connectivity index (χ3n) is 2.76. The Kier molecular flexibility index (Phi) is 5.19. The van der Waals surface area contributed by atoms with E-state index in [1.807, 2.05) is 42.5 Å². The van der Waals surface area contributed by atoms with E-state index in [0.29, 0.717) is 6.42 Å². The first-order valence-corrected chi connectivity index (χ1v) is 5.35. The summed E-state index contributed by atoms with van der Waals surface area (Å²) in [6.07, 6.45) is 0.521. The third-order valence-corrected chi connectivity index (χ3v) is 2.76. The molecule has 0 fully saturated rings. The molecule has 0 aliphatic rings. The van der Waals surface area contributed by atoms with Crippen molar-refractivity contribution in [2.75, 3.05) is 0 Å². The Hall–Kier alpha value is -0.830. The number of hydrogen-bond acceptors (Lipinski definition) is 2. The van der Waals surface area contributed by atoms with Gasteiger partial charge in [-0.25, -0.2) is 0 Å². The van der Waals surface area contributed by atoms with Crippen LogP contribution in [0.2, 0.25) is 0 Å². The van der Waals surface area contributed by atoms with Gasteiger partial charge in [-0.15, -0.1) is 0 Å². The van der Waals surface area contributed by atoms with Crippen LogP contribution in [-0.4, -0.2) is 5.97 Å². The molecule has 0 radical (unpaired) electrons. The van der Waals surface area contributed by atoms with Crippen LogP contribution >= 0.6 is 0 Å². The van der Waals surface area contributed by atoms with Gasteiger partial charge in [0, 0.05) is 5.97 Å². The van der Waals surface area contributed by atoms with Gasteiger partial charge in [0.05, 0.1) is 0 Å². The van der Waals surface area contributed by atoms with Crippen molar-refractivity contribution in [2.24, 2.45) is 5.92 Å². The summed E-state index contributed by atoms with van der Waals surface area (Å²) >= 11 is 0. The molecule has 0 unspecified atom stereocenters. The first-order valence-electron chi connectivity index (χ1n) is 5.35. The molecule has 1 atom stereocenters. The van der Waals surface area contributed by atoms with Crippen LogP contribution in [0.15, 0.2) is 42.5 Å². The minimum Gasteiger partial charge on any atom is -0.550 e. The van der Waals surface area contributed by atoms with E-state index < -0.39 is 11.9 Å². The third kappa shape index (κ3) is 3.56. The fourth-order valence-electron chi connectivity index (χ4n) is 1.80. The molecule has 17 heavy (non-hydrogen) atoms. The van der Waals surface area contributed by atoms with E-state index in [1.54, 1.807) is 6.92 Å². The second kappa shape index (κ2) is 6.20. The zero-order chi connectivity index (χ0) is 11.5. The average molecular weight is 236 g/mol. The summed E-state index contributed by atoms with van der Waals surface area (Å²) < 4.78 is 0. The molecule has 0 heterocycles. The molecule has 2 nitrogen and oxygen atoms in total. The van der Waals surface area contributed by atoms with Crippen LogP contribution in [0.4, 0.5) is 0 Å². The maximum Gasteiger partial charge on any atom is 1.00 e. The van der Waals surface area contributed by atoms with Gasteiger partial charge in [-0.1, -0.05) is 49.4 Å². The van der Waals surface area contributed by atoms with E-state index >= 15 is 0 Å². The Morgan fingerprint density at radius 1 is 1.18 bits per heavy atom. The van der Waals surface area contributed by atoms with Crippen molar-refractivity contribution < 1.29 is 39.5 Å². The van der Waals surface area contributed by atoms with Gasteiger partial charge in [0.2, 0.25) is 0 Å². The minimum absolute atomic E-state index is 0. The van der Waals surface area contributed by atoms with Crippen molar-refractivity contribution in [3.63, 3.8) is 0 Å². The molecule has 0 bridgehead atoms. The molecule has 0 spiro atoms. The molecular weight excluding hydrogens is 223 g/mol. The predicted octanol–water partition coefficient (Wildman–Crippen LogP) is -1.23. The monoisotopic (exact) mass is 236 g/mol. The average Bonchev–Trinajstić information content (AvgIpc) is 2.28. The van der Waals surface area contributed by atoms with Gasteiger partial charge >= 0.3 is 29.6 Å². The van der Waals surface area contributed by atoms with E-state index in [9.17, 15) is 9.90 Å². The molecular formula is C14H13NaO2. The van der Waals surface area contributed by atoms with Gasteiger partial charge < -0.3 is 9.90 Å². The SMILES string of the molecule is C[C@@H](Cc1ccc2ccccc2c1)C(=O)[O-].[Na+]. The van der Waals surface area contributed by atoms with Crippen LogP contribution in [0.1, 0.15) is 12.5 Å². The molecule has 0 aliphatic heterocycles. The maximum absolute atomic E-state index is 10.7. The molecule has 0 aromatic heterocycles. The molecule has 0 saturated heterocycles. The molecule has 0 aliphatic carbocycles. The van der Waals surface area contributed by atoms with E-state index in [1.165, 1.54) is 5.39 Å². The van der Waals surface area contributed by atoms with Gasteiger partial charge in [0.15, 0.2) is 0 Å². The number of hydrogen-bond donors (Lipinski definition) is 0. The Morgan fingerprint density at radius 2 is 1.82 bits per heavy atom.